The summed E-state index contributed by atoms with van der Waals surface area (Å²) in [4.78, 5) is 18.4. The molecule has 0 bridgehead atoms. The van der Waals surface area contributed by atoms with Crippen molar-refractivity contribution in [1.82, 2.24) is 9.55 Å². The first kappa shape index (κ1) is 15.6. The molecule has 0 atom stereocenters. The van der Waals surface area contributed by atoms with Crippen molar-refractivity contribution in [3.8, 4) is 10.7 Å². The summed E-state index contributed by atoms with van der Waals surface area (Å²) in [5.74, 6) is 0.766. The zero-order valence-electron chi connectivity index (χ0n) is 13.8. The van der Waals surface area contributed by atoms with Crippen LogP contribution in [-0.2, 0) is 11.3 Å². The normalized spacial score (nSPS) is 10.9. The largest absolute Gasteiger partial charge is 0.325 e. The lowest BCUT2D eigenvalue weighted by molar-refractivity contribution is -0.116. The highest BCUT2D eigenvalue weighted by Crippen LogP contribution is 2.28. The van der Waals surface area contributed by atoms with E-state index in [9.17, 15) is 4.79 Å². The number of carbonyl (C=O) groups excluding carboxylic acids is 1. The summed E-state index contributed by atoms with van der Waals surface area (Å²) < 4.78 is 1.98. The van der Waals surface area contributed by atoms with E-state index in [0.717, 1.165) is 33.0 Å². The van der Waals surface area contributed by atoms with E-state index < -0.39 is 0 Å². The second-order valence-electron chi connectivity index (χ2n) is 5.91. The fraction of sp³-hybridized carbons (Fsp3) is 0.100. The first-order valence-corrected chi connectivity index (χ1v) is 8.94. The lowest BCUT2D eigenvalue weighted by Crippen LogP contribution is -2.19. The molecule has 2 heterocycles. The van der Waals surface area contributed by atoms with Crippen LogP contribution in [0.25, 0.3) is 21.7 Å². The van der Waals surface area contributed by atoms with E-state index in [-0.39, 0.29) is 12.5 Å². The molecule has 2 aromatic heterocycles. The van der Waals surface area contributed by atoms with Gasteiger partial charge in [0.15, 0.2) is 5.82 Å². The molecule has 0 radical (unpaired) electrons. The molecular formula is C20H17N3OS. The Morgan fingerprint density at radius 1 is 1.12 bits per heavy atom. The van der Waals surface area contributed by atoms with Gasteiger partial charge in [-0.2, -0.15) is 0 Å². The summed E-state index contributed by atoms with van der Waals surface area (Å²) in [5, 5.41) is 4.99. The topological polar surface area (TPSA) is 46.9 Å². The number of fused-ring (bicyclic) bond motifs is 1. The van der Waals surface area contributed by atoms with Gasteiger partial charge in [-0.1, -0.05) is 30.3 Å². The fourth-order valence-electron chi connectivity index (χ4n) is 2.90. The molecule has 25 heavy (non-hydrogen) atoms. The Balaban J connectivity index is 1.68. The number of imidazole rings is 1. The maximum Gasteiger partial charge on any atom is 0.244 e. The smallest absolute Gasteiger partial charge is 0.244 e. The molecule has 4 nitrogen and oxygen atoms in total. The number of hydrogen-bond acceptors (Lipinski definition) is 3. The maximum absolute atomic E-state index is 12.6. The van der Waals surface area contributed by atoms with Crippen molar-refractivity contribution < 1.29 is 4.79 Å². The van der Waals surface area contributed by atoms with Gasteiger partial charge in [-0.25, -0.2) is 4.98 Å². The second kappa shape index (κ2) is 6.53. The predicted molar refractivity (Wildman–Crippen MR) is 103 cm³/mol. The quantitative estimate of drug-likeness (QED) is 0.581. The number of benzene rings is 2. The van der Waals surface area contributed by atoms with Crippen molar-refractivity contribution in [3.05, 3.63) is 71.6 Å². The van der Waals surface area contributed by atoms with Crippen molar-refractivity contribution in [2.45, 2.75) is 13.5 Å². The van der Waals surface area contributed by atoms with Gasteiger partial charge < -0.3 is 9.88 Å². The number of hydrogen-bond donors (Lipinski definition) is 1. The van der Waals surface area contributed by atoms with Gasteiger partial charge >= 0.3 is 0 Å². The van der Waals surface area contributed by atoms with Gasteiger partial charge in [0, 0.05) is 5.69 Å². The van der Waals surface area contributed by atoms with E-state index in [1.165, 1.54) is 0 Å². The van der Waals surface area contributed by atoms with E-state index in [4.69, 9.17) is 4.98 Å². The Labute approximate surface area is 149 Å². The highest BCUT2D eigenvalue weighted by atomic mass is 32.1. The molecule has 0 aliphatic rings. The van der Waals surface area contributed by atoms with E-state index in [1.807, 2.05) is 77.5 Å². The Hall–Kier alpha value is -2.92. The monoisotopic (exact) mass is 347 g/mol. The summed E-state index contributed by atoms with van der Waals surface area (Å²) >= 11 is 1.62. The number of carbonyl (C=O) groups is 1. The lowest BCUT2D eigenvalue weighted by Gasteiger charge is -2.10. The summed E-state index contributed by atoms with van der Waals surface area (Å²) in [6, 6.07) is 19.7. The van der Waals surface area contributed by atoms with Gasteiger partial charge in [0.25, 0.3) is 0 Å². The third kappa shape index (κ3) is 3.19. The van der Waals surface area contributed by atoms with E-state index in [2.05, 4.69) is 5.32 Å². The van der Waals surface area contributed by atoms with Gasteiger partial charge in [0.2, 0.25) is 5.91 Å². The fourth-order valence-corrected chi connectivity index (χ4v) is 3.62. The predicted octanol–water partition coefficient (Wildman–Crippen LogP) is 4.71. The molecule has 0 unspecified atom stereocenters. The minimum absolute atomic E-state index is 0.0634. The molecular weight excluding hydrogens is 330 g/mol. The number of amides is 1. The third-order valence-electron chi connectivity index (χ3n) is 4.00. The number of nitrogens with one attached hydrogen (secondary N) is 1. The summed E-state index contributed by atoms with van der Waals surface area (Å²) in [6.07, 6.45) is 0. The number of para-hydroxylation sites is 2. The molecule has 4 aromatic rings. The van der Waals surface area contributed by atoms with E-state index in [0.29, 0.717) is 0 Å². The van der Waals surface area contributed by atoms with Crippen LogP contribution in [0.15, 0.2) is 66.0 Å². The van der Waals surface area contributed by atoms with Crippen molar-refractivity contribution in [2.24, 2.45) is 0 Å². The standard InChI is InChI=1S/C20H17N3OS/c1-14-6-4-7-15(12-14)21-19(24)13-23-17-9-3-2-8-16(17)22-20(23)18-10-5-11-25-18/h2-12H,13H2,1H3,(H,21,24). The zero-order chi connectivity index (χ0) is 17.2. The molecule has 124 valence electrons. The minimum atomic E-state index is -0.0634. The number of nitrogens with zero attached hydrogens (tertiary/aromatic N) is 2. The van der Waals surface area contributed by atoms with Gasteiger partial charge in [0.05, 0.1) is 15.9 Å². The first-order chi connectivity index (χ1) is 12.2. The van der Waals surface area contributed by atoms with Crippen molar-refractivity contribution >= 4 is 34.0 Å². The average Bonchev–Trinajstić information content (AvgIpc) is 3.23. The van der Waals surface area contributed by atoms with Crippen LogP contribution in [0.1, 0.15) is 5.56 Å². The van der Waals surface area contributed by atoms with Crippen LogP contribution in [0.4, 0.5) is 5.69 Å². The molecule has 0 aliphatic carbocycles. The van der Waals surface area contributed by atoms with Crippen molar-refractivity contribution in [3.63, 3.8) is 0 Å². The molecule has 4 rings (SSSR count). The van der Waals surface area contributed by atoms with Crippen LogP contribution in [-0.4, -0.2) is 15.5 Å². The van der Waals surface area contributed by atoms with Crippen LogP contribution in [0.3, 0.4) is 0 Å². The highest BCUT2D eigenvalue weighted by molar-refractivity contribution is 7.13. The van der Waals surface area contributed by atoms with Crippen molar-refractivity contribution in [2.75, 3.05) is 5.32 Å². The number of rotatable bonds is 4. The van der Waals surface area contributed by atoms with E-state index in [1.54, 1.807) is 11.3 Å². The SMILES string of the molecule is Cc1cccc(NC(=O)Cn2c(-c3cccs3)nc3ccccc32)c1. The molecule has 1 N–H and O–H groups in total. The lowest BCUT2D eigenvalue weighted by atomic mass is 10.2. The van der Waals surface area contributed by atoms with E-state index >= 15 is 0 Å². The number of anilines is 1. The number of aryl methyl sites for hydroxylation is 1. The molecule has 0 aliphatic heterocycles. The maximum atomic E-state index is 12.6. The van der Waals surface area contributed by atoms with Crippen molar-refractivity contribution in [1.29, 1.82) is 0 Å². The van der Waals surface area contributed by atoms with Gasteiger partial charge in [0.1, 0.15) is 6.54 Å². The summed E-state index contributed by atoms with van der Waals surface area (Å²) in [7, 11) is 0. The Bertz CT molecular complexity index is 1030. The summed E-state index contributed by atoms with van der Waals surface area (Å²) in [6.45, 7) is 2.23. The van der Waals surface area contributed by atoms with Crippen LogP contribution < -0.4 is 5.32 Å². The molecule has 1 amide bonds. The van der Waals surface area contributed by atoms with Gasteiger partial charge in [-0.15, -0.1) is 11.3 Å². The van der Waals surface area contributed by atoms with Crippen LogP contribution in [0.5, 0.6) is 0 Å². The number of thiophene rings is 1. The molecule has 5 heteroatoms. The zero-order valence-corrected chi connectivity index (χ0v) is 14.6. The third-order valence-corrected chi connectivity index (χ3v) is 4.87. The van der Waals surface area contributed by atoms with Gasteiger partial charge in [-0.05, 0) is 48.2 Å². The minimum Gasteiger partial charge on any atom is -0.325 e. The summed E-state index contributed by atoms with van der Waals surface area (Å²) in [5.41, 5.74) is 3.79. The molecule has 0 spiro atoms. The number of aromatic nitrogens is 2. The molecule has 0 fully saturated rings. The Kier molecular flexibility index (Phi) is 4.07. The highest BCUT2D eigenvalue weighted by Gasteiger charge is 2.15. The van der Waals surface area contributed by atoms with Crippen LogP contribution in [0, 0.1) is 6.92 Å². The van der Waals surface area contributed by atoms with Gasteiger partial charge in [-0.3, -0.25) is 4.79 Å². The second-order valence-corrected chi connectivity index (χ2v) is 6.85. The Morgan fingerprint density at radius 3 is 2.80 bits per heavy atom. The van der Waals surface area contributed by atoms with Crippen LogP contribution in [0.2, 0.25) is 0 Å². The molecule has 2 aromatic carbocycles. The Morgan fingerprint density at radius 2 is 2.00 bits per heavy atom. The van der Waals surface area contributed by atoms with Crippen LogP contribution >= 0.6 is 11.3 Å². The molecule has 0 saturated carbocycles. The first-order valence-electron chi connectivity index (χ1n) is 8.06. The average molecular weight is 347 g/mol. The molecule has 0 saturated heterocycles.